The molecule has 1 aliphatic heterocycles. The summed E-state index contributed by atoms with van der Waals surface area (Å²) in [5.41, 5.74) is 1.28. The molecule has 2 atom stereocenters. The molecular formula is C16H24N2O. The van der Waals surface area contributed by atoms with Gasteiger partial charge in [0.05, 0.1) is 12.2 Å². The van der Waals surface area contributed by atoms with Crippen LogP contribution in [0.4, 0.5) is 0 Å². The van der Waals surface area contributed by atoms with Gasteiger partial charge in [-0.05, 0) is 24.4 Å². The summed E-state index contributed by atoms with van der Waals surface area (Å²) in [4.78, 5) is 16.6. The molecule has 2 rings (SSSR count). The number of hydrogen-bond acceptors (Lipinski definition) is 2. The predicted octanol–water partition coefficient (Wildman–Crippen LogP) is 2.37. The first-order valence-corrected chi connectivity index (χ1v) is 6.85. The molecule has 0 aliphatic carbocycles. The van der Waals surface area contributed by atoms with Crippen molar-refractivity contribution in [3.63, 3.8) is 0 Å². The summed E-state index contributed by atoms with van der Waals surface area (Å²) in [6, 6.07) is 10.2. The maximum Gasteiger partial charge on any atom is 0.241 e. The van der Waals surface area contributed by atoms with E-state index in [0.717, 1.165) is 6.42 Å². The van der Waals surface area contributed by atoms with E-state index in [1.807, 2.05) is 30.1 Å². The third-order valence-corrected chi connectivity index (χ3v) is 3.92. The lowest BCUT2D eigenvalue weighted by atomic mass is 9.91. The fraction of sp³-hybridized carbons (Fsp3) is 0.562. The number of hydrogen-bond donors (Lipinski definition) is 0. The van der Waals surface area contributed by atoms with Gasteiger partial charge in [0.25, 0.3) is 0 Å². The second-order valence-corrected chi connectivity index (χ2v) is 6.56. The summed E-state index contributed by atoms with van der Waals surface area (Å²) in [5.74, 6) is 0.228. The fourth-order valence-electron chi connectivity index (χ4n) is 3.23. The third kappa shape index (κ3) is 2.66. The smallest absolute Gasteiger partial charge is 0.241 e. The maximum atomic E-state index is 12.5. The van der Waals surface area contributed by atoms with Crippen LogP contribution >= 0.6 is 0 Å². The molecule has 0 radical (unpaired) electrons. The molecular weight excluding hydrogens is 236 g/mol. The molecule has 0 saturated carbocycles. The van der Waals surface area contributed by atoms with Gasteiger partial charge in [-0.25, -0.2) is 0 Å². The highest BCUT2D eigenvalue weighted by atomic mass is 16.2. The maximum absolute atomic E-state index is 12.5. The van der Waals surface area contributed by atoms with Crippen LogP contribution in [-0.2, 0) is 11.2 Å². The zero-order valence-electron chi connectivity index (χ0n) is 12.6. The molecule has 0 bridgehead atoms. The monoisotopic (exact) mass is 260 g/mol. The van der Waals surface area contributed by atoms with Gasteiger partial charge in [-0.1, -0.05) is 51.1 Å². The van der Waals surface area contributed by atoms with E-state index in [1.165, 1.54) is 5.56 Å². The molecule has 1 aliphatic rings. The largest absolute Gasteiger partial charge is 0.328 e. The normalized spacial score (nSPS) is 25.1. The summed E-state index contributed by atoms with van der Waals surface area (Å²) in [6.07, 6.45) is 0.946. The Kier molecular flexibility index (Phi) is 3.68. The topological polar surface area (TPSA) is 23.6 Å². The number of amides is 1. The highest BCUT2D eigenvalue weighted by Gasteiger charge is 2.46. The first-order chi connectivity index (χ1) is 8.82. The van der Waals surface area contributed by atoms with E-state index in [2.05, 4.69) is 44.9 Å². The molecule has 2 unspecified atom stereocenters. The number of carbonyl (C=O) groups is 1. The fourth-order valence-corrected chi connectivity index (χ4v) is 3.23. The summed E-state index contributed by atoms with van der Waals surface area (Å²) in [7, 11) is 3.98. The van der Waals surface area contributed by atoms with Crippen LogP contribution in [0.3, 0.4) is 0 Å². The van der Waals surface area contributed by atoms with Crippen molar-refractivity contribution in [2.45, 2.75) is 39.4 Å². The van der Waals surface area contributed by atoms with Gasteiger partial charge in [0.1, 0.15) is 0 Å². The summed E-state index contributed by atoms with van der Waals surface area (Å²) in [6.45, 7) is 6.55. The second-order valence-electron chi connectivity index (χ2n) is 6.56. The summed E-state index contributed by atoms with van der Waals surface area (Å²) in [5, 5.41) is 0. The minimum atomic E-state index is -0.0448. The Morgan fingerprint density at radius 1 is 1.11 bits per heavy atom. The van der Waals surface area contributed by atoms with E-state index in [0.29, 0.717) is 0 Å². The van der Waals surface area contributed by atoms with Crippen LogP contribution in [0.1, 0.15) is 26.3 Å². The molecule has 1 aromatic rings. The van der Waals surface area contributed by atoms with Crippen LogP contribution in [0.5, 0.6) is 0 Å². The van der Waals surface area contributed by atoms with Gasteiger partial charge in [0, 0.05) is 7.05 Å². The van der Waals surface area contributed by atoms with Crippen LogP contribution in [0.15, 0.2) is 30.3 Å². The molecule has 1 amide bonds. The van der Waals surface area contributed by atoms with Crippen LogP contribution in [-0.4, -0.2) is 42.0 Å². The van der Waals surface area contributed by atoms with Gasteiger partial charge >= 0.3 is 0 Å². The zero-order chi connectivity index (χ0) is 14.2. The zero-order valence-corrected chi connectivity index (χ0v) is 12.6. The molecule has 0 aromatic heterocycles. The molecule has 19 heavy (non-hydrogen) atoms. The van der Waals surface area contributed by atoms with E-state index < -0.39 is 0 Å². The second kappa shape index (κ2) is 4.97. The van der Waals surface area contributed by atoms with Crippen molar-refractivity contribution in [3.8, 4) is 0 Å². The summed E-state index contributed by atoms with van der Waals surface area (Å²) < 4.78 is 0. The minimum Gasteiger partial charge on any atom is -0.328 e. The Morgan fingerprint density at radius 3 is 2.16 bits per heavy atom. The first-order valence-electron chi connectivity index (χ1n) is 6.85. The Bertz CT molecular complexity index is 450. The highest BCUT2D eigenvalue weighted by Crippen LogP contribution is 2.33. The molecule has 1 heterocycles. The minimum absolute atomic E-state index is 0.0448. The number of rotatable bonds is 2. The van der Waals surface area contributed by atoms with Crippen LogP contribution < -0.4 is 0 Å². The first kappa shape index (κ1) is 14.1. The lowest BCUT2D eigenvalue weighted by Gasteiger charge is -2.37. The van der Waals surface area contributed by atoms with E-state index in [1.54, 1.807) is 0 Å². The van der Waals surface area contributed by atoms with E-state index in [9.17, 15) is 4.79 Å². The van der Waals surface area contributed by atoms with Gasteiger partial charge in [0.15, 0.2) is 0 Å². The van der Waals surface area contributed by atoms with E-state index in [4.69, 9.17) is 0 Å². The van der Waals surface area contributed by atoms with Crippen molar-refractivity contribution in [1.29, 1.82) is 0 Å². The number of likely N-dealkylation sites (N-methyl/N-ethyl adjacent to an activating group) is 2. The predicted molar refractivity (Wildman–Crippen MR) is 77.7 cm³/mol. The molecule has 1 saturated heterocycles. The van der Waals surface area contributed by atoms with Crippen LogP contribution in [0.25, 0.3) is 0 Å². The Hall–Kier alpha value is -1.35. The molecule has 3 heteroatoms. The molecule has 104 valence electrons. The van der Waals surface area contributed by atoms with Crippen LogP contribution in [0, 0.1) is 5.41 Å². The number of nitrogens with zero attached hydrogens (tertiary/aromatic N) is 2. The molecule has 1 fully saturated rings. The molecule has 3 nitrogen and oxygen atoms in total. The van der Waals surface area contributed by atoms with E-state index >= 15 is 0 Å². The summed E-state index contributed by atoms with van der Waals surface area (Å²) >= 11 is 0. The Morgan fingerprint density at radius 2 is 1.68 bits per heavy atom. The van der Waals surface area contributed by atoms with Crippen molar-refractivity contribution < 1.29 is 4.79 Å². The van der Waals surface area contributed by atoms with Crippen molar-refractivity contribution in [3.05, 3.63) is 35.9 Å². The number of carbonyl (C=O) groups excluding carboxylic acids is 1. The van der Waals surface area contributed by atoms with Gasteiger partial charge in [-0.15, -0.1) is 0 Å². The highest BCUT2D eigenvalue weighted by molar-refractivity contribution is 5.84. The van der Waals surface area contributed by atoms with Crippen molar-refractivity contribution in [1.82, 2.24) is 9.80 Å². The Labute approximate surface area is 116 Å². The average molecular weight is 260 g/mol. The van der Waals surface area contributed by atoms with Gasteiger partial charge < -0.3 is 4.90 Å². The molecule has 0 N–H and O–H groups in total. The molecule has 1 aromatic carbocycles. The quantitative estimate of drug-likeness (QED) is 0.815. The van der Waals surface area contributed by atoms with Gasteiger partial charge in [0.2, 0.25) is 5.91 Å². The van der Waals surface area contributed by atoms with E-state index in [-0.39, 0.29) is 23.5 Å². The van der Waals surface area contributed by atoms with Gasteiger partial charge in [-0.2, -0.15) is 0 Å². The van der Waals surface area contributed by atoms with Gasteiger partial charge in [-0.3, -0.25) is 9.69 Å². The van der Waals surface area contributed by atoms with Crippen molar-refractivity contribution >= 4 is 5.91 Å². The SMILES string of the molecule is CN1C(=O)C(Cc2ccccc2)N(C)C1C(C)(C)C. The molecule has 0 spiro atoms. The number of benzene rings is 1. The van der Waals surface area contributed by atoms with Crippen molar-refractivity contribution in [2.75, 3.05) is 14.1 Å². The average Bonchev–Trinajstić information content (AvgIpc) is 2.54. The standard InChI is InChI=1S/C16H24N2O/c1-16(2,3)15-17(4)13(14(19)18(15)5)11-12-9-7-6-8-10-12/h6-10,13,15H,11H2,1-5H3. The lowest BCUT2D eigenvalue weighted by Crippen LogP contribution is -2.46. The van der Waals surface area contributed by atoms with Crippen molar-refractivity contribution in [2.24, 2.45) is 5.41 Å². The Balaban J connectivity index is 2.21. The third-order valence-electron chi connectivity index (χ3n) is 3.92. The lowest BCUT2D eigenvalue weighted by molar-refractivity contribution is -0.129. The van der Waals surface area contributed by atoms with Crippen LogP contribution in [0.2, 0.25) is 0 Å².